The fraction of sp³-hybridized carbons (Fsp3) is 0.0870. The second-order valence-corrected chi connectivity index (χ2v) is 6.90. The van der Waals surface area contributed by atoms with Gasteiger partial charge in [0.25, 0.3) is 0 Å². The molecule has 1 aromatic heterocycles. The van der Waals surface area contributed by atoms with E-state index in [-0.39, 0.29) is 6.42 Å². The Morgan fingerprint density at radius 3 is 2.33 bits per heavy atom. The quantitative estimate of drug-likeness (QED) is 0.458. The van der Waals surface area contributed by atoms with Crippen molar-refractivity contribution in [3.63, 3.8) is 0 Å². The molecule has 30 heavy (non-hydrogen) atoms. The number of carbonyl (C=O) groups excluding carboxylic acids is 1. The summed E-state index contributed by atoms with van der Waals surface area (Å²) in [6, 6.07) is 17.5. The number of hydrogen-bond acceptors (Lipinski definition) is 3. The highest BCUT2D eigenvalue weighted by atomic mass is 35.5. The molecule has 3 rings (SSSR count). The first kappa shape index (κ1) is 21.1. The molecule has 2 aromatic carbocycles. The number of nitrogens with one attached hydrogen (secondary N) is 2. The van der Waals surface area contributed by atoms with Crippen molar-refractivity contribution in [2.45, 2.75) is 12.8 Å². The number of aromatic nitrogens is 1. The average Bonchev–Trinajstić information content (AvgIpc) is 2.72. The summed E-state index contributed by atoms with van der Waals surface area (Å²) in [5.41, 5.74) is 3.74. The van der Waals surface area contributed by atoms with Crippen LogP contribution >= 0.6 is 11.6 Å². The summed E-state index contributed by atoms with van der Waals surface area (Å²) in [7, 11) is 0. The molecule has 3 aromatic rings. The van der Waals surface area contributed by atoms with Gasteiger partial charge in [-0.05, 0) is 54.0 Å². The Morgan fingerprint density at radius 1 is 0.967 bits per heavy atom. The predicted octanol–water partition coefficient (Wildman–Crippen LogP) is 5.68. The van der Waals surface area contributed by atoms with Crippen molar-refractivity contribution in [1.29, 1.82) is 0 Å². The fourth-order valence-corrected chi connectivity index (χ4v) is 3.08. The van der Waals surface area contributed by atoms with Crippen LogP contribution in [-0.2, 0) is 4.79 Å². The first-order valence-corrected chi connectivity index (χ1v) is 9.65. The third kappa shape index (κ3) is 6.18. The van der Waals surface area contributed by atoms with Gasteiger partial charge in [-0.2, -0.15) is 0 Å². The fourth-order valence-electron chi connectivity index (χ4n) is 2.89. The van der Waals surface area contributed by atoms with E-state index >= 15 is 0 Å². The van der Waals surface area contributed by atoms with Gasteiger partial charge in [-0.15, -0.1) is 0 Å². The summed E-state index contributed by atoms with van der Waals surface area (Å²) in [5.74, 6) is -0.857. The van der Waals surface area contributed by atoms with E-state index in [2.05, 4.69) is 15.6 Å². The highest BCUT2D eigenvalue weighted by Gasteiger charge is 2.09. The third-order valence-electron chi connectivity index (χ3n) is 4.19. The number of carboxylic acid groups (broad SMARTS) is 1. The van der Waals surface area contributed by atoms with Crippen LogP contribution in [0.2, 0.25) is 5.02 Å². The predicted molar refractivity (Wildman–Crippen MR) is 119 cm³/mol. The molecule has 0 fully saturated rings. The molecule has 0 spiro atoms. The van der Waals surface area contributed by atoms with Crippen LogP contribution in [0.25, 0.3) is 5.57 Å². The van der Waals surface area contributed by atoms with E-state index < -0.39 is 12.0 Å². The van der Waals surface area contributed by atoms with E-state index in [1.165, 1.54) is 0 Å². The monoisotopic (exact) mass is 421 g/mol. The highest BCUT2D eigenvalue weighted by Crippen LogP contribution is 2.26. The van der Waals surface area contributed by atoms with Crippen molar-refractivity contribution in [3.05, 3.63) is 95.3 Å². The molecule has 0 saturated carbocycles. The van der Waals surface area contributed by atoms with Gasteiger partial charge in [-0.3, -0.25) is 9.78 Å². The number of nitrogens with zero attached hydrogens (tertiary/aromatic N) is 1. The molecule has 152 valence electrons. The van der Waals surface area contributed by atoms with Gasteiger partial charge in [0.1, 0.15) is 0 Å². The average molecular weight is 422 g/mol. The Hall–Kier alpha value is -3.64. The number of pyridine rings is 1. The summed E-state index contributed by atoms with van der Waals surface area (Å²) in [6.45, 7) is 0. The van der Waals surface area contributed by atoms with E-state index in [1.54, 1.807) is 42.7 Å². The third-order valence-corrected chi connectivity index (χ3v) is 4.43. The lowest BCUT2D eigenvalue weighted by atomic mass is 9.97. The van der Waals surface area contributed by atoms with E-state index in [0.717, 1.165) is 16.7 Å². The Balaban J connectivity index is 1.80. The van der Waals surface area contributed by atoms with E-state index in [4.69, 9.17) is 16.7 Å². The van der Waals surface area contributed by atoms with Crippen LogP contribution in [0.15, 0.2) is 79.1 Å². The van der Waals surface area contributed by atoms with Crippen molar-refractivity contribution in [1.82, 2.24) is 4.98 Å². The molecular weight excluding hydrogens is 402 g/mol. The first-order valence-electron chi connectivity index (χ1n) is 9.27. The lowest BCUT2D eigenvalue weighted by Gasteiger charge is -2.12. The second-order valence-electron chi connectivity index (χ2n) is 6.46. The van der Waals surface area contributed by atoms with E-state index in [0.29, 0.717) is 22.8 Å². The zero-order valence-electron chi connectivity index (χ0n) is 16.0. The van der Waals surface area contributed by atoms with Crippen molar-refractivity contribution in [3.8, 4) is 0 Å². The Bertz CT molecular complexity index is 1070. The number of halogens is 1. The lowest BCUT2D eigenvalue weighted by molar-refractivity contribution is -0.136. The minimum absolute atomic E-state index is 0.0315. The van der Waals surface area contributed by atoms with Crippen LogP contribution in [0.1, 0.15) is 24.0 Å². The minimum atomic E-state index is -0.857. The normalized spacial score (nSPS) is 11.0. The van der Waals surface area contributed by atoms with Gasteiger partial charge in [0.15, 0.2) is 0 Å². The maximum Gasteiger partial charge on any atom is 0.323 e. The van der Waals surface area contributed by atoms with Gasteiger partial charge >= 0.3 is 12.0 Å². The van der Waals surface area contributed by atoms with Crippen LogP contribution in [0.3, 0.4) is 0 Å². The molecule has 3 N–H and O–H groups in total. The number of hydrogen-bond donors (Lipinski definition) is 3. The van der Waals surface area contributed by atoms with Crippen LogP contribution in [0, 0.1) is 0 Å². The second kappa shape index (κ2) is 10.2. The number of allylic oxidation sites excluding steroid dienone is 1. The Kier molecular flexibility index (Phi) is 7.19. The zero-order valence-corrected chi connectivity index (χ0v) is 16.8. The maximum absolute atomic E-state index is 12.3. The number of carbonyl (C=O) groups is 2. The van der Waals surface area contributed by atoms with Crippen LogP contribution < -0.4 is 10.6 Å². The van der Waals surface area contributed by atoms with Gasteiger partial charge in [0, 0.05) is 40.8 Å². The summed E-state index contributed by atoms with van der Waals surface area (Å²) < 4.78 is 0. The summed E-state index contributed by atoms with van der Waals surface area (Å²) in [4.78, 5) is 27.4. The molecule has 0 saturated heterocycles. The van der Waals surface area contributed by atoms with Crippen molar-refractivity contribution >= 4 is 40.5 Å². The number of benzene rings is 2. The van der Waals surface area contributed by atoms with Crippen molar-refractivity contribution < 1.29 is 14.7 Å². The summed E-state index contributed by atoms with van der Waals surface area (Å²) >= 11 is 5.94. The Labute approximate surface area is 179 Å². The van der Waals surface area contributed by atoms with Gasteiger partial charge < -0.3 is 15.7 Å². The van der Waals surface area contributed by atoms with E-state index in [9.17, 15) is 9.59 Å². The summed E-state index contributed by atoms with van der Waals surface area (Å²) in [6.07, 6.45) is 5.68. The maximum atomic E-state index is 12.3. The lowest BCUT2D eigenvalue weighted by Crippen LogP contribution is -2.19. The van der Waals surface area contributed by atoms with E-state index in [1.807, 2.05) is 36.4 Å². The molecule has 0 unspecified atom stereocenters. The number of aliphatic carboxylic acids is 1. The molecule has 0 radical (unpaired) electrons. The van der Waals surface area contributed by atoms with Crippen molar-refractivity contribution in [2.75, 3.05) is 10.6 Å². The number of amides is 2. The highest BCUT2D eigenvalue weighted by molar-refractivity contribution is 6.30. The standard InChI is InChI=1S/C23H20ClN3O3/c24-18-7-2-9-20(14-18)27-23(30)26-19-8-1-5-16(13-19)21(10-3-11-22(28)29)17-6-4-12-25-15-17/h1-2,4-10,12-15H,3,11H2,(H,28,29)(H2,26,27,30)/b21-10-. The molecule has 0 aliphatic rings. The van der Waals surface area contributed by atoms with Crippen LogP contribution in [0.4, 0.5) is 16.2 Å². The molecule has 7 heteroatoms. The number of urea groups is 1. The number of rotatable bonds is 7. The molecule has 6 nitrogen and oxygen atoms in total. The topological polar surface area (TPSA) is 91.3 Å². The molecule has 1 heterocycles. The summed E-state index contributed by atoms with van der Waals surface area (Å²) in [5, 5.41) is 15.0. The molecular formula is C23H20ClN3O3. The van der Waals surface area contributed by atoms with Gasteiger partial charge in [-0.25, -0.2) is 4.79 Å². The molecule has 0 bridgehead atoms. The van der Waals surface area contributed by atoms with Crippen molar-refractivity contribution in [2.24, 2.45) is 0 Å². The first-order chi connectivity index (χ1) is 14.5. The minimum Gasteiger partial charge on any atom is -0.481 e. The zero-order chi connectivity index (χ0) is 21.3. The molecule has 0 atom stereocenters. The molecule has 2 amide bonds. The largest absolute Gasteiger partial charge is 0.481 e. The van der Waals surface area contributed by atoms with Crippen LogP contribution in [0.5, 0.6) is 0 Å². The molecule has 0 aliphatic heterocycles. The molecule has 0 aliphatic carbocycles. The number of anilines is 2. The SMILES string of the molecule is O=C(O)CC/C=C(\c1cccnc1)c1cccc(NC(=O)Nc2cccc(Cl)c2)c1. The smallest absolute Gasteiger partial charge is 0.323 e. The Morgan fingerprint density at radius 2 is 1.67 bits per heavy atom. The van der Waals surface area contributed by atoms with Gasteiger partial charge in [0.2, 0.25) is 0 Å². The van der Waals surface area contributed by atoms with Gasteiger partial charge in [-0.1, -0.05) is 41.9 Å². The number of carboxylic acids is 1. The van der Waals surface area contributed by atoms with Crippen LogP contribution in [-0.4, -0.2) is 22.1 Å². The van der Waals surface area contributed by atoms with Gasteiger partial charge in [0.05, 0.1) is 0 Å².